The Hall–Kier alpha value is -0.580. The molecule has 3 nitrogen and oxygen atoms in total. The molecule has 1 saturated carbocycles. The Morgan fingerprint density at radius 2 is 2.05 bits per heavy atom. The number of benzene rings is 1. The van der Waals surface area contributed by atoms with E-state index in [-0.39, 0.29) is 5.41 Å². The van der Waals surface area contributed by atoms with Crippen LogP contribution < -0.4 is 10.1 Å². The number of rotatable bonds is 7. The summed E-state index contributed by atoms with van der Waals surface area (Å²) in [5, 5.41) is 13.1. The first-order valence-corrected chi connectivity index (χ1v) is 8.23. The second kappa shape index (κ2) is 8.01. The molecule has 112 valence electrons. The zero-order chi connectivity index (χ0) is 14.3. The molecule has 0 spiro atoms. The molecule has 4 heteroatoms. The van der Waals surface area contributed by atoms with Crippen molar-refractivity contribution in [2.75, 3.05) is 26.3 Å². The van der Waals surface area contributed by atoms with E-state index in [0.717, 1.165) is 36.2 Å². The lowest BCUT2D eigenvalue weighted by Crippen LogP contribution is -2.40. The van der Waals surface area contributed by atoms with E-state index in [1.165, 1.54) is 19.3 Å². The van der Waals surface area contributed by atoms with Crippen LogP contribution >= 0.6 is 15.9 Å². The first kappa shape index (κ1) is 15.8. The zero-order valence-electron chi connectivity index (χ0n) is 11.9. The van der Waals surface area contributed by atoms with E-state index < -0.39 is 0 Å². The molecule has 0 unspecified atom stereocenters. The van der Waals surface area contributed by atoms with Gasteiger partial charge in [-0.1, -0.05) is 41.3 Å². The molecule has 1 aliphatic rings. The summed E-state index contributed by atoms with van der Waals surface area (Å²) in [6, 6.07) is 7.88. The number of ether oxygens (including phenoxy) is 1. The van der Waals surface area contributed by atoms with E-state index in [0.29, 0.717) is 13.2 Å². The first-order chi connectivity index (χ1) is 9.74. The average molecular weight is 342 g/mol. The number of halogens is 1. The van der Waals surface area contributed by atoms with Crippen molar-refractivity contribution in [1.82, 2.24) is 5.32 Å². The van der Waals surface area contributed by atoms with Crippen LogP contribution in [0.15, 0.2) is 28.7 Å². The Morgan fingerprint density at radius 1 is 1.25 bits per heavy atom. The number of aliphatic hydroxyl groups excluding tert-OH is 1. The Kier molecular flexibility index (Phi) is 6.33. The molecular weight excluding hydrogens is 318 g/mol. The van der Waals surface area contributed by atoms with Crippen molar-refractivity contribution < 1.29 is 9.84 Å². The molecule has 2 rings (SSSR count). The van der Waals surface area contributed by atoms with Gasteiger partial charge in [0.15, 0.2) is 0 Å². The SMILES string of the molecule is OCC1(CNCCOc2cccc(Br)c2)CCCCC1. The van der Waals surface area contributed by atoms with E-state index in [1.54, 1.807) is 0 Å². The second-order valence-electron chi connectivity index (χ2n) is 5.70. The minimum Gasteiger partial charge on any atom is -0.492 e. The summed E-state index contributed by atoms with van der Waals surface area (Å²) in [5.74, 6) is 0.885. The van der Waals surface area contributed by atoms with E-state index in [1.807, 2.05) is 24.3 Å². The zero-order valence-corrected chi connectivity index (χ0v) is 13.5. The lowest BCUT2D eigenvalue weighted by Gasteiger charge is -2.35. The summed E-state index contributed by atoms with van der Waals surface area (Å²) in [5.41, 5.74) is 0.105. The number of nitrogens with one attached hydrogen (secondary N) is 1. The van der Waals surface area contributed by atoms with E-state index in [4.69, 9.17) is 4.74 Å². The van der Waals surface area contributed by atoms with Gasteiger partial charge in [0.05, 0.1) is 0 Å². The van der Waals surface area contributed by atoms with E-state index in [2.05, 4.69) is 21.2 Å². The minimum absolute atomic E-state index is 0.105. The third-order valence-corrected chi connectivity index (χ3v) is 4.59. The average Bonchev–Trinajstić information content (AvgIpc) is 2.48. The van der Waals surface area contributed by atoms with Crippen LogP contribution in [-0.4, -0.2) is 31.4 Å². The Morgan fingerprint density at radius 3 is 2.75 bits per heavy atom. The maximum absolute atomic E-state index is 9.63. The van der Waals surface area contributed by atoms with Gasteiger partial charge in [-0.15, -0.1) is 0 Å². The van der Waals surface area contributed by atoms with Crippen LogP contribution in [0.2, 0.25) is 0 Å². The summed E-state index contributed by atoms with van der Waals surface area (Å²) in [6.45, 7) is 2.66. The van der Waals surface area contributed by atoms with Crippen molar-refractivity contribution in [3.05, 3.63) is 28.7 Å². The highest BCUT2D eigenvalue weighted by atomic mass is 79.9. The van der Waals surface area contributed by atoms with Crippen LogP contribution in [0, 0.1) is 5.41 Å². The first-order valence-electron chi connectivity index (χ1n) is 7.44. The van der Waals surface area contributed by atoms with Gasteiger partial charge in [-0.3, -0.25) is 0 Å². The van der Waals surface area contributed by atoms with Gasteiger partial charge >= 0.3 is 0 Å². The molecule has 2 N–H and O–H groups in total. The highest BCUT2D eigenvalue weighted by molar-refractivity contribution is 9.10. The maximum Gasteiger partial charge on any atom is 0.120 e. The quantitative estimate of drug-likeness (QED) is 0.747. The van der Waals surface area contributed by atoms with Crippen molar-refractivity contribution in [3.63, 3.8) is 0 Å². The van der Waals surface area contributed by atoms with Crippen molar-refractivity contribution >= 4 is 15.9 Å². The fraction of sp³-hybridized carbons (Fsp3) is 0.625. The number of hydrogen-bond acceptors (Lipinski definition) is 3. The van der Waals surface area contributed by atoms with Crippen molar-refractivity contribution in [2.24, 2.45) is 5.41 Å². The Bertz CT molecular complexity index is 405. The summed E-state index contributed by atoms with van der Waals surface area (Å²) in [4.78, 5) is 0. The predicted molar refractivity (Wildman–Crippen MR) is 85.1 cm³/mol. The maximum atomic E-state index is 9.63. The third-order valence-electron chi connectivity index (χ3n) is 4.09. The largest absolute Gasteiger partial charge is 0.492 e. The topological polar surface area (TPSA) is 41.5 Å². The standard InChI is InChI=1S/C16H24BrNO2/c17-14-5-4-6-15(11-14)20-10-9-18-12-16(13-19)7-2-1-3-8-16/h4-6,11,18-19H,1-3,7-10,12-13H2. The molecular formula is C16H24BrNO2. The van der Waals surface area contributed by atoms with Gasteiger partial charge in [-0.25, -0.2) is 0 Å². The summed E-state index contributed by atoms with van der Waals surface area (Å²) >= 11 is 3.43. The van der Waals surface area contributed by atoms with Gasteiger partial charge in [-0.05, 0) is 31.0 Å². The molecule has 1 aromatic carbocycles. The molecule has 0 bridgehead atoms. The third kappa shape index (κ3) is 4.76. The lowest BCUT2D eigenvalue weighted by molar-refractivity contribution is 0.0804. The normalized spacial score (nSPS) is 17.9. The van der Waals surface area contributed by atoms with Gasteiger partial charge in [0.2, 0.25) is 0 Å². The van der Waals surface area contributed by atoms with Crippen molar-refractivity contribution in [1.29, 1.82) is 0 Å². The molecule has 0 aromatic heterocycles. The van der Waals surface area contributed by atoms with Gasteiger partial charge in [0.25, 0.3) is 0 Å². The molecule has 0 aliphatic heterocycles. The fourth-order valence-corrected chi connectivity index (χ4v) is 3.22. The molecule has 1 fully saturated rings. The van der Waals surface area contributed by atoms with E-state index in [9.17, 15) is 5.11 Å². The van der Waals surface area contributed by atoms with Crippen LogP contribution in [0.1, 0.15) is 32.1 Å². The summed E-state index contributed by atoms with van der Waals surface area (Å²) < 4.78 is 6.72. The highest BCUT2D eigenvalue weighted by Gasteiger charge is 2.30. The molecule has 0 amide bonds. The van der Waals surface area contributed by atoms with Gasteiger partial charge in [0.1, 0.15) is 12.4 Å². The molecule has 0 saturated heterocycles. The monoisotopic (exact) mass is 341 g/mol. The predicted octanol–water partition coefficient (Wildman–Crippen LogP) is 3.36. The molecule has 1 aromatic rings. The van der Waals surface area contributed by atoms with E-state index >= 15 is 0 Å². The van der Waals surface area contributed by atoms with Crippen LogP contribution in [-0.2, 0) is 0 Å². The molecule has 1 aliphatic carbocycles. The lowest BCUT2D eigenvalue weighted by atomic mass is 9.74. The van der Waals surface area contributed by atoms with Crippen LogP contribution in [0.25, 0.3) is 0 Å². The Balaban J connectivity index is 1.66. The van der Waals surface area contributed by atoms with Crippen molar-refractivity contribution in [2.45, 2.75) is 32.1 Å². The van der Waals surface area contributed by atoms with Gasteiger partial charge < -0.3 is 15.2 Å². The molecule has 0 atom stereocenters. The smallest absolute Gasteiger partial charge is 0.120 e. The van der Waals surface area contributed by atoms with Gasteiger partial charge in [0, 0.05) is 29.6 Å². The molecule has 0 heterocycles. The van der Waals surface area contributed by atoms with Crippen molar-refractivity contribution in [3.8, 4) is 5.75 Å². The molecule has 0 radical (unpaired) electrons. The number of hydrogen-bond donors (Lipinski definition) is 2. The van der Waals surface area contributed by atoms with Gasteiger partial charge in [-0.2, -0.15) is 0 Å². The minimum atomic E-state index is 0.105. The molecule has 20 heavy (non-hydrogen) atoms. The number of aliphatic hydroxyl groups is 1. The van der Waals surface area contributed by atoms with Crippen LogP contribution in [0.3, 0.4) is 0 Å². The van der Waals surface area contributed by atoms with Crippen LogP contribution in [0.5, 0.6) is 5.75 Å². The fourth-order valence-electron chi connectivity index (χ4n) is 2.84. The summed E-state index contributed by atoms with van der Waals surface area (Å²) in [6.07, 6.45) is 6.09. The van der Waals surface area contributed by atoms with Crippen LogP contribution in [0.4, 0.5) is 0 Å². The second-order valence-corrected chi connectivity index (χ2v) is 6.62. The Labute approximate surface area is 129 Å². The summed E-state index contributed by atoms with van der Waals surface area (Å²) in [7, 11) is 0. The highest BCUT2D eigenvalue weighted by Crippen LogP contribution is 2.35.